The molecule has 0 saturated carbocycles. The lowest BCUT2D eigenvalue weighted by molar-refractivity contribution is 0.261. The second-order valence-corrected chi connectivity index (χ2v) is 3.69. The molecule has 0 unspecified atom stereocenters. The molecule has 0 fully saturated rings. The van der Waals surface area contributed by atoms with E-state index in [1.807, 2.05) is 32.3 Å². The van der Waals surface area contributed by atoms with Crippen molar-refractivity contribution in [2.45, 2.75) is 0 Å². The summed E-state index contributed by atoms with van der Waals surface area (Å²) in [6.45, 7) is 1.50. The normalized spacial score (nSPS) is 9.59. The van der Waals surface area contributed by atoms with Crippen LogP contribution in [0.1, 0.15) is 0 Å². The quantitative estimate of drug-likeness (QED) is 0.609. The minimum Gasteiger partial charge on any atom is -0.492 e. The maximum absolute atomic E-state index is 5.55. The fourth-order valence-electron chi connectivity index (χ4n) is 1.14. The van der Waals surface area contributed by atoms with E-state index < -0.39 is 0 Å². The van der Waals surface area contributed by atoms with E-state index in [4.69, 9.17) is 16.2 Å². The summed E-state index contributed by atoms with van der Waals surface area (Å²) >= 11 is 0. The van der Waals surface area contributed by atoms with Crippen molar-refractivity contribution in [1.82, 2.24) is 4.90 Å². The summed E-state index contributed by atoms with van der Waals surface area (Å²) in [5, 5.41) is 0. The van der Waals surface area contributed by atoms with Gasteiger partial charge in [0.15, 0.2) is 5.96 Å². The van der Waals surface area contributed by atoms with Crippen LogP contribution in [0, 0.1) is 0 Å². The second kappa shape index (κ2) is 7.76. The van der Waals surface area contributed by atoms with Crippen molar-refractivity contribution < 1.29 is 4.74 Å². The molecule has 0 aliphatic carbocycles. The summed E-state index contributed by atoms with van der Waals surface area (Å²) < 4.78 is 5.55. The van der Waals surface area contributed by atoms with Crippen molar-refractivity contribution in [3.8, 4) is 5.75 Å². The van der Waals surface area contributed by atoms with E-state index in [1.54, 1.807) is 6.07 Å². The first-order chi connectivity index (χ1) is 7.58. The number of rotatable bonds is 5. The number of nitrogens with two attached hydrogens (primary N) is 2. The Labute approximate surface area is 108 Å². The van der Waals surface area contributed by atoms with Gasteiger partial charge in [0, 0.05) is 12.6 Å². The van der Waals surface area contributed by atoms with E-state index >= 15 is 0 Å². The first kappa shape index (κ1) is 15.5. The Morgan fingerprint density at radius 2 is 2.06 bits per heavy atom. The Morgan fingerprint density at radius 1 is 1.35 bits per heavy atom. The summed E-state index contributed by atoms with van der Waals surface area (Å²) in [5.74, 6) is 0.815. The van der Waals surface area contributed by atoms with Gasteiger partial charge in [-0.15, -0.1) is 12.4 Å². The number of nitrogens with zero attached hydrogens (tertiary/aromatic N) is 2. The first-order valence-corrected chi connectivity index (χ1v) is 5.05. The van der Waals surface area contributed by atoms with Gasteiger partial charge in [-0.1, -0.05) is 6.07 Å². The molecule has 0 spiro atoms. The molecule has 6 heteroatoms. The van der Waals surface area contributed by atoms with Crippen molar-refractivity contribution in [3.05, 3.63) is 24.3 Å². The number of benzene rings is 1. The Hall–Kier alpha value is -1.46. The monoisotopic (exact) mass is 258 g/mol. The highest BCUT2D eigenvalue weighted by Crippen LogP contribution is 2.19. The van der Waals surface area contributed by atoms with Gasteiger partial charge in [0.2, 0.25) is 0 Å². The summed E-state index contributed by atoms with van der Waals surface area (Å²) in [7, 11) is 4.00. The van der Waals surface area contributed by atoms with Crippen LogP contribution in [0.5, 0.6) is 5.75 Å². The van der Waals surface area contributed by atoms with E-state index in [2.05, 4.69) is 9.89 Å². The van der Waals surface area contributed by atoms with Crippen LogP contribution in [0.2, 0.25) is 0 Å². The molecule has 0 atom stereocenters. The fraction of sp³-hybridized carbons (Fsp3) is 0.364. The average molecular weight is 259 g/mol. The van der Waals surface area contributed by atoms with E-state index in [-0.39, 0.29) is 18.4 Å². The van der Waals surface area contributed by atoms with Crippen molar-refractivity contribution in [1.29, 1.82) is 0 Å². The zero-order valence-electron chi connectivity index (χ0n) is 10.1. The molecule has 17 heavy (non-hydrogen) atoms. The highest BCUT2D eigenvalue weighted by Gasteiger charge is 1.97. The molecule has 0 aromatic heterocycles. The van der Waals surface area contributed by atoms with Gasteiger partial charge < -0.3 is 21.1 Å². The zero-order chi connectivity index (χ0) is 12.0. The first-order valence-electron chi connectivity index (χ1n) is 5.05. The van der Waals surface area contributed by atoms with Crippen LogP contribution in [-0.4, -0.2) is 38.1 Å². The predicted octanol–water partition coefficient (Wildman–Crippen LogP) is 0.954. The number of likely N-dealkylation sites (N-methyl/N-ethyl adjacent to an activating group) is 1. The van der Waals surface area contributed by atoms with Crippen LogP contribution in [0.4, 0.5) is 5.69 Å². The van der Waals surface area contributed by atoms with Crippen LogP contribution in [0.3, 0.4) is 0 Å². The molecule has 0 radical (unpaired) electrons. The largest absolute Gasteiger partial charge is 0.492 e. The minimum absolute atomic E-state index is 0. The number of ether oxygens (including phenoxy) is 1. The molecule has 0 bridgehead atoms. The maximum Gasteiger partial charge on any atom is 0.191 e. The number of guanidine groups is 1. The molecular weight excluding hydrogens is 240 g/mol. The van der Waals surface area contributed by atoms with Gasteiger partial charge in [0.25, 0.3) is 0 Å². The zero-order valence-corrected chi connectivity index (χ0v) is 10.9. The Bertz CT molecular complexity index is 364. The predicted molar refractivity (Wildman–Crippen MR) is 73.2 cm³/mol. The third kappa shape index (κ3) is 6.65. The van der Waals surface area contributed by atoms with Crippen molar-refractivity contribution >= 4 is 24.1 Å². The average Bonchev–Trinajstić information content (AvgIpc) is 2.16. The molecule has 4 N–H and O–H groups in total. The van der Waals surface area contributed by atoms with Gasteiger partial charge >= 0.3 is 0 Å². The number of hydrogen-bond donors (Lipinski definition) is 2. The van der Waals surface area contributed by atoms with Crippen molar-refractivity contribution in [2.24, 2.45) is 16.5 Å². The van der Waals surface area contributed by atoms with Crippen LogP contribution in [0.15, 0.2) is 29.3 Å². The van der Waals surface area contributed by atoms with Crippen LogP contribution >= 0.6 is 12.4 Å². The van der Waals surface area contributed by atoms with Crippen LogP contribution < -0.4 is 16.2 Å². The van der Waals surface area contributed by atoms with Gasteiger partial charge in [0.1, 0.15) is 12.4 Å². The molecular formula is C11H19ClN4O. The molecule has 0 saturated heterocycles. The Morgan fingerprint density at radius 3 is 2.65 bits per heavy atom. The SMILES string of the molecule is CN(C)CCOc1cccc(N=C(N)N)c1.Cl. The standard InChI is InChI=1S/C11H18N4O.ClH/c1-15(2)6-7-16-10-5-3-4-9(8-10)14-11(12)13;/h3-5,8H,6-7H2,1-2H3,(H4,12,13,14);1H. The third-order valence-corrected chi connectivity index (χ3v) is 1.88. The van der Waals surface area contributed by atoms with E-state index in [1.165, 1.54) is 0 Å². The second-order valence-electron chi connectivity index (χ2n) is 3.69. The van der Waals surface area contributed by atoms with Crippen molar-refractivity contribution in [2.75, 3.05) is 27.2 Å². The van der Waals surface area contributed by atoms with Gasteiger partial charge in [-0.05, 0) is 26.2 Å². The number of aliphatic imine (C=N–C) groups is 1. The molecule has 1 aromatic rings. The summed E-state index contributed by atoms with van der Waals surface area (Å²) in [4.78, 5) is 6.00. The lowest BCUT2D eigenvalue weighted by Crippen LogP contribution is -2.21. The summed E-state index contributed by atoms with van der Waals surface area (Å²) in [6, 6.07) is 7.35. The smallest absolute Gasteiger partial charge is 0.191 e. The molecule has 0 aliphatic rings. The molecule has 1 aromatic carbocycles. The lowest BCUT2D eigenvalue weighted by atomic mass is 10.3. The molecule has 0 amide bonds. The van der Waals surface area contributed by atoms with Gasteiger partial charge in [-0.3, -0.25) is 0 Å². The highest BCUT2D eigenvalue weighted by molar-refractivity contribution is 5.85. The number of hydrogen-bond acceptors (Lipinski definition) is 3. The van der Waals surface area contributed by atoms with Gasteiger partial charge in [-0.25, -0.2) is 4.99 Å². The molecule has 96 valence electrons. The van der Waals surface area contributed by atoms with E-state index in [0.717, 1.165) is 12.3 Å². The van der Waals surface area contributed by atoms with Crippen LogP contribution in [-0.2, 0) is 0 Å². The van der Waals surface area contributed by atoms with E-state index in [0.29, 0.717) is 12.3 Å². The van der Waals surface area contributed by atoms with Gasteiger partial charge in [0.05, 0.1) is 5.69 Å². The minimum atomic E-state index is 0. The molecule has 1 rings (SSSR count). The maximum atomic E-state index is 5.55. The molecule has 5 nitrogen and oxygen atoms in total. The van der Waals surface area contributed by atoms with Crippen LogP contribution in [0.25, 0.3) is 0 Å². The Balaban J connectivity index is 0.00000256. The van der Waals surface area contributed by atoms with Crippen molar-refractivity contribution in [3.63, 3.8) is 0 Å². The van der Waals surface area contributed by atoms with Gasteiger partial charge in [-0.2, -0.15) is 0 Å². The third-order valence-electron chi connectivity index (χ3n) is 1.88. The number of halogens is 1. The fourth-order valence-corrected chi connectivity index (χ4v) is 1.14. The molecule has 0 aliphatic heterocycles. The van der Waals surface area contributed by atoms with E-state index in [9.17, 15) is 0 Å². The Kier molecular flexibility index (Phi) is 7.09. The highest BCUT2D eigenvalue weighted by atomic mass is 35.5. The lowest BCUT2D eigenvalue weighted by Gasteiger charge is -2.11. The summed E-state index contributed by atoms with van der Waals surface area (Å²) in [6.07, 6.45) is 0. The molecule has 0 heterocycles. The summed E-state index contributed by atoms with van der Waals surface area (Å²) in [5.41, 5.74) is 11.3. The topological polar surface area (TPSA) is 76.9 Å².